The van der Waals surface area contributed by atoms with E-state index in [1.165, 1.54) is 0 Å². The Labute approximate surface area is 203 Å². The largest absolute Gasteiger partial charge is 0.493 e. The Morgan fingerprint density at radius 1 is 0.968 bits per heavy atom. The minimum absolute atomic E-state index is 0. The first-order chi connectivity index (χ1) is 14.7. The number of ether oxygens (including phenoxy) is 3. The van der Waals surface area contributed by atoms with Crippen LogP contribution in [-0.2, 0) is 13.1 Å². The van der Waals surface area contributed by atoms with Gasteiger partial charge in [-0.2, -0.15) is 0 Å². The number of guanidine groups is 1. The lowest BCUT2D eigenvalue weighted by atomic mass is 10.2. The summed E-state index contributed by atoms with van der Waals surface area (Å²) < 4.78 is 16.2. The summed E-state index contributed by atoms with van der Waals surface area (Å²) in [6.07, 6.45) is 0. The second-order valence-electron chi connectivity index (χ2n) is 6.31. The summed E-state index contributed by atoms with van der Waals surface area (Å²) in [6.45, 7) is 1.13. The van der Waals surface area contributed by atoms with E-state index >= 15 is 0 Å². The van der Waals surface area contributed by atoms with Crippen LogP contribution >= 0.6 is 35.3 Å². The molecule has 9 heteroatoms. The predicted molar refractivity (Wildman–Crippen MR) is 136 cm³/mol. The smallest absolute Gasteiger partial charge is 0.203 e. The minimum atomic E-state index is 0. The maximum atomic E-state index is 5.41. The van der Waals surface area contributed by atoms with Crippen molar-refractivity contribution in [3.05, 3.63) is 58.4 Å². The highest BCUT2D eigenvalue weighted by atomic mass is 127. The van der Waals surface area contributed by atoms with Crippen molar-refractivity contribution >= 4 is 41.3 Å². The van der Waals surface area contributed by atoms with E-state index in [0.717, 1.165) is 21.8 Å². The van der Waals surface area contributed by atoms with Gasteiger partial charge in [-0.3, -0.25) is 4.99 Å². The molecule has 1 heterocycles. The minimum Gasteiger partial charge on any atom is -0.493 e. The van der Waals surface area contributed by atoms with Crippen LogP contribution in [0, 0.1) is 0 Å². The molecule has 0 aliphatic rings. The maximum absolute atomic E-state index is 5.41. The number of nitrogens with zero attached hydrogens (tertiary/aromatic N) is 2. The Bertz CT molecular complexity index is 970. The molecular weight excluding hydrogens is 527 g/mol. The quantitative estimate of drug-likeness (QED) is 0.246. The highest BCUT2D eigenvalue weighted by Gasteiger charge is 2.13. The van der Waals surface area contributed by atoms with Gasteiger partial charge >= 0.3 is 0 Å². The molecule has 7 nitrogen and oxygen atoms in total. The molecule has 0 atom stereocenters. The summed E-state index contributed by atoms with van der Waals surface area (Å²) in [5, 5.41) is 9.66. The molecule has 0 bridgehead atoms. The fraction of sp³-hybridized carbons (Fsp3) is 0.273. The number of methoxy groups -OCH3 is 3. The van der Waals surface area contributed by atoms with E-state index < -0.39 is 0 Å². The average molecular weight is 554 g/mol. The number of thiazole rings is 1. The van der Waals surface area contributed by atoms with E-state index in [0.29, 0.717) is 36.3 Å². The number of hydrogen-bond acceptors (Lipinski definition) is 6. The SMILES string of the molecule is CN=C(NCc1cc(OC)c(OC)c(OC)c1)NCc1nc(-c2ccccc2)cs1.I. The van der Waals surface area contributed by atoms with Crippen LogP contribution in [0.3, 0.4) is 0 Å². The molecule has 0 aliphatic heterocycles. The Kier molecular flexibility index (Phi) is 9.86. The zero-order valence-corrected chi connectivity index (χ0v) is 21.1. The highest BCUT2D eigenvalue weighted by Crippen LogP contribution is 2.38. The third kappa shape index (κ3) is 6.47. The van der Waals surface area contributed by atoms with Gasteiger partial charge in [-0.05, 0) is 17.7 Å². The van der Waals surface area contributed by atoms with Crippen molar-refractivity contribution in [3.63, 3.8) is 0 Å². The Morgan fingerprint density at radius 2 is 1.61 bits per heavy atom. The lowest BCUT2D eigenvalue weighted by Gasteiger charge is -2.15. The van der Waals surface area contributed by atoms with Crippen LogP contribution in [0.15, 0.2) is 52.8 Å². The molecule has 1 aromatic heterocycles. The Morgan fingerprint density at radius 3 is 2.19 bits per heavy atom. The van der Waals surface area contributed by atoms with Gasteiger partial charge in [-0.25, -0.2) is 4.98 Å². The lowest BCUT2D eigenvalue weighted by molar-refractivity contribution is 0.323. The number of halogens is 1. The van der Waals surface area contributed by atoms with Gasteiger partial charge in [-0.15, -0.1) is 35.3 Å². The molecule has 2 N–H and O–H groups in total. The summed E-state index contributed by atoms with van der Waals surface area (Å²) in [5.74, 6) is 2.49. The van der Waals surface area contributed by atoms with Gasteiger partial charge in [0.05, 0.1) is 33.6 Å². The molecule has 0 radical (unpaired) electrons. The van der Waals surface area contributed by atoms with E-state index in [-0.39, 0.29) is 24.0 Å². The van der Waals surface area contributed by atoms with Crippen molar-refractivity contribution in [2.45, 2.75) is 13.1 Å². The first kappa shape index (κ1) is 24.7. The fourth-order valence-electron chi connectivity index (χ4n) is 2.94. The van der Waals surface area contributed by atoms with Crippen molar-refractivity contribution in [2.75, 3.05) is 28.4 Å². The van der Waals surface area contributed by atoms with Crippen molar-refractivity contribution in [1.82, 2.24) is 15.6 Å². The molecular formula is C22H27IN4O3S. The monoisotopic (exact) mass is 554 g/mol. The predicted octanol–water partition coefficient (Wildman–Crippen LogP) is 4.32. The summed E-state index contributed by atoms with van der Waals surface area (Å²) in [7, 11) is 6.53. The second kappa shape index (κ2) is 12.4. The van der Waals surface area contributed by atoms with Crippen LogP contribution in [-0.4, -0.2) is 39.3 Å². The van der Waals surface area contributed by atoms with Gasteiger partial charge in [0.15, 0.2) is 17.5 Å². The van der Waals surface area contributed by atoms with Gasteiger partial charge in [0.25, 0.3) is 0 Å². The molecule has 3 aromatic rings. The van der Waals surface area contributed by atoms with E-state index in [4.69, 9.17) is 19.2 Å². The van der Waals surface area contributed by atoms with Gasteiger partial charge in [0.2, 0.25) is 5.75 Å². The first-order valence-electron chi connectivity index (χ1n) is 9.41. The summed E-state index contributed by atoms with van der Waals surface area (Å²) in [4.78, 5) is 8.98. The Hall–Kier alpha value is -2.53. The molecule has 0 saturated heterocycles. The summed E-state index contributed by atoms with van der Waals surface area (Å²) in [5.41, 5.74) is 3.08. The van der Waals surface area contributed by atoms with Crippen LogP contribution in [0.1, 0.15) is 10.6 Å². The van der Waals surface area contributed by atoms with E-state index in [1.54, 1.807) is 39.7 Å². The molecule has 31 heavy (non-hydrogen) atoms. The number of aromatic nitrogens is 1. The molecule has 3 rings (SSSR count). The number of benzene rings is 2. The molecule has 0 unspecified atom stereocenters. The third-order valence-electron chi connectivity index (χ3n) is 4.44. The van der Waals surface area contributed by atoms with E-state index in [1.807, 2.05) is 30.3 Å². The zero-order valence-electron chi connectivity index (χ0n) is 18.0. The van der Waals surface area contributed by atoms with Gasteiger partial charge in [-0.1, -0.05) is 30.3 Å². The number of hydrogen-bond donors (Lipinski definition) is 2. The number of rotatable bonds is 8. The van der Waals surface area contributed by atoms with Crippen molar-refractivity contribution < 1.29 is 14.2 Å². The lowest BCUT2D eigenvalue weighted by Crippen LogP contribution is -2.36. The summed E-state index contributed by atoms with van der Waals surface area (Å²) in [6, 6.07) is 14.0. The molecule has 0 fully saturated rings. The van der Waals surface area contributed by atoms with Crippen molar-refractivity contribution in [3.8, 4) is 28.5 Å². The number of nitrogens with one attached hydrogen (secondary N) is 2. The van der Waals surface area contributed by atoms with Crippen LogP contribution < -0.4 is 24.8 Å². The molecule has 0 saturated carbocycles. The highest BCUT2D eigenvalue weighted by molar-refractivity contribution is 14.0. The molecule has 2 aromatic carbocycles. The number of aliphatic imine (C=N–C) groups is 1. The van der Waals surface area contributed by atoms with Crippen LogP contribution in [0.2, 0.25) is 0 Å². The summed E-state index contributed by atoms with van der Waals surface area (Å²) >= 11 is 1.62. The van der Waals surface area contributed by atoms with Gasteiger partial charge in [0.1, 0.15) is 5.01 Å². The maximum Gasteiger partial charge on any atom is 0.203 e. The molecule has 0 amide bonds. The normalized spacial score (nSPS) is 10.8. The fourth-order valence-corrected chi connectivity index (χ4v) is 3.68. The molecule has 166 valence electrons. The third-order valence-corrected chi connectivity index (χ3v) is 5.29. The average Bonchev–Trinajstić information content (AvgIpc) is 3.28. The van der Waals surface area contributed by atoms with E-state index in [9.17, 15) is 0 Å². The van der Waals surface area contributed by atoms with Crippen LogP contribution in [0.4, 0.5) is 0 Å². The van der Waals surface area contributed by atoms with Gasteiger partial charge in [0, 0.05) is 24.5 Å². The van der Waals surface area contributed by atoms with Crippen LogP contribution in [0.25, 0.3) is 11.3 Å². The van der Waals surface area contributed by atoms with Crippen LogP contribution in [0.5, 0.6) is 17.2 Å². The standard InChI is InChI=1S/C22H26N4O3S.HI/c1-23-22(24-12-15-10-18(27-2)21(29-4)19(11-15)28-3)25-13-20-26-17(14-30-20)16-8-6-5-7-9-16;/h5-11,14H,12-13H2,1-4H3,(H2,23,24,25);1H. The van der Waals surface area contributed by atoms with E-state index in [2.05, 4.69) is 33.1 Å². The molecule has 0 spiro atoms. The van der Waals surface area contributed by atoms with Gasteiger partial charge < -0.3 is 24.8 Å². The van der Waals surface area contributed by atoms with Crippen molar-refractivity contribution in [2.24, 2.45) is 4.99 Å². The second-order valence-corrected chi connectivity index (χ2v) is 7.25. The molecule has 0 aliphatic carbocycles. The zero-order chi connectivity index (χ0) is 21.3. The van der Waals surface area contributed by atoms with Crippen molar-refractivity contribution in [1.29, 1.82) is 0 Å². The first-order valence-corrected chi connectivity index (χ1v) is 10.3. The topological polar surface area (TPSA) is 77.0 Å². The Balaban J connectivity index is 0.00000341.